The molecule has 6 nitrogen and oxygen atoms in total. The van der Waals surface area contributed by atoms with Crippen LogP contribution in [0.5, 0.6) is 6.01 Å². The molecule has 0 aliphatic heterocycles. The second-order valence-corrected chi connectivity index (χ2v) is 5.90. The predicted molar refractivity (Wildman–Crippen MR) is 85.9 cm³/mol. The number of hydrogen-bond donors (Lipinski definition) is 1. The summed E-state index contributed by atoms with van der Waals surface area (Å²) in [5.41, 5.74) is 5.74. The maximum Gasteiger partial charge on any atom is 0.323 e. The van der Waals surface area contributed by atoms with Gasteiger partial charge in [0.15, 0.2) is 0 Å². The van der Waals surface area contributed by atoms with Crippen LogP contribution in [0.4, 0.5) is 11.9 Å². The molecule has 0 radical (unpaired) electrons. The van der Waals surface area contributed by atoms with E-state index in [0.717, 1.165) is 12.8 Å². The summed E-state index contributed by atoms with van der Waals surface area (Å²) in [6, 6.07) is 4.73. The maximum absolute atomic E-state index is 5.74. The Labute approximate surface area is 129 Å². The lowest BCUT2D eigenvalue weighted by Crippen LogP contribution is -2.32. The van der Waals surface area contributed by atoms with Crippen LogP contribution in [0.25, 0.3) is 0 Å². The second-order valence-electron chi connectivity index (χ2n) is 4.87. The molecule has 2 aromatic heterocycles. The molecule has 0 spiro atoms. The summed E-state index contributed by atoms with van der Waals surface area (Å²) in [5, 5.41) is 2.08. The Kier molecular flexibility index (Phi) is 5.32. The minimum atomic E-state index is 0.182. The van der Waals surface area contributed by atoms with Gasteiger partial charge in [-0.05, 0) is 24.8 Å². The van der Waals surface area contributed by atoms with Crippen molar-refractivity contribution in [1.29, 1.82) is 0 Å². The maximum atomic E-state index is 5.74. The van der Waals surface area contributed by atoms with Crippen molar-refractivity contribution in [1.82, 2.24) is 15.0 Å². The number of rotatable bonds is 7. The zero-order chi connectivity index (χ0) is 15.2. The summed E-state index contributed by atoms with van der Waals surface area (Å²) >= 11 is 1.75. The van der Waals surface area contributed by atoms with Gasteiger partial charge in [0.25, 0.3) is 0 Å². The first-order valence-corrected chi connectivity index (χ1v) is 7.87. The molecule has 21 heavy (non-hydrogen) atoms. The normalized spacial score (nSPS) is 12.1. The smallest absolute Gasteiger partial charge is 0.323 e. The van der Waals surface area contributed by atoms with Crippen molar-refractivity contribution in [2.75, 3.05) is 24.3 Å². The largest absolute Gasteiger partial charge is 0.463 e. The van der Waals surface area contributed by atoms with Gasteiger partial charge in [0, 0.05) is 24.4 Å². The number of nitrogens with two attached hydrogens (primary N) is 1. The van der Waals surface area contributed by atoms with E-state index in [1.165, 1.54) is 4.88 Å². The Morgan fingerprint density at radius 1 is 1.38 bits per heavy atom. The Hall–Kier alpha value is -1.89. The number of hydrogen-bond acceptors (Lipinski definition) is 7. The Morgan fingerprint density at radius 3 is 2.86 bits per heavy atom. The lowest BCUT2D eigenvalue weighted by atomic mass is 10.2. The van der Waals surface area contributed by atoms with Crippen molar-refractivity contribution >= 4 is 23.2 Å². The van der Waals surface area contributed by atoms with Crippen LogP contribution in [-0.4, -0.2) is 34.6 Å². The Balaban J connectivity index is 2.10. The zero-order valence-corrected chi connectivity index (χ0v) is 13.4. The fraction of sp³-hybridized carbons (Fsp3) is 0.500. The van der Waals surface area contributed by atoms with Gasteiger partial charge in [-0.15, -0.1) is 11.3 Å². The van der Waals surface area contributed by atoms with E-state index >= 15 is 0 Å². The molecule has 0 amide bonds. The van der Waals surface area contributed by atoms with Crippen LogP contribution < -0.4 is 15.4 Å². The van der Waals surface area contributed by atoms with E-state index in [9.17, 15) is 0 Å². The molecule has 0 aromatic carbocycles. The first-order valence-electron chi connectivity index (χ1n) is 6.99. The monoisotopic (exact) mass is 307 g/mol. The van der Waals surface area contributed by atoms with Gasteiger partial charge in [0.2, 0.25) is 11.9 Å². The molecule has 114 valence electrons. The lowest BCUT2D eigenvalue weighted by molar-refractivity contribution is 0.292. The minimum absolute atomic E-state index is 0.182. The van der Waals surface area contributed by atoms with E-state index in [1.54, 1.807) is 11.3 Å². The molecule has 2 N–H and O–H groups in total. The van der Waals surface area contributed by atoms with Gasteiger partial charge in [0.05, 0.1) is 6.61 Å². The average molecular weight is 307 g/mol. The quantitative estimate of drug-likeness (QED) is 0.846. The van der Waals surface area contributed by atoms with Gasteiger partial charge in [-0.3, -0.25) is 0 Å². The van der Waals surface area contributed by atoms with E-state index in [2.05, 4.69) is 39.4 Å². The predicted octanol–water partition coefficient (Wildman–Crippen LogP) is 2.37. The second kappa shape index (κ2) is 7.21. The highest BCUT2D eigenvalue weighted by Crippen LogP contribution is 2.18. The Bertz CT molecular complexity index is 560. The first kappa shape index (κ1) is 15.5. The molecule has 1 atom stereocenters. The topological polar surface area (TPSA) is 77.2 Å². The third-order valence-corrected chi connectivity index (χ3v) is 4.01. The molecule has 2 heterocycles. The van der Waals surface area contributed by atoms with E-state index in [-0.39, 0.29) is 18.0 Å². The standard InChI is InChI=1S/C14H21N5OS/c1-4-7-20-14-17-12(15)16-13(18-14)19(3)10(2)9-11-6-5-8-21-11/h5-6,8,10H,4,7,9H2,1-3H3,(H2,15,16,17,18). The van der Waals surface area contributed by atoms with Crippen LogP contribution >= 0.6 is 11.3 Å². The molecule has 0 bridgehead atoms. The highest BCUT2D eigenvalue weighted by Gasteiger charge is 2.16. The number of thiophene rings is 1. The highest BCUT2D eigenvalue weighted by atomic mass is 32.1. The van der Waals surface area contributed by atoms with Crippen LogP contribution in [0, 0.1) is 0 Å². The summed E-state index contributed by atoms with van der Waals surface area (Å²) in [6.45, 7) is 4.73. The molecule has 0 aliphatic rings. The van der Waals surface area contributed by atoms with E-state index in [0.29, 0.717) is 12.6 Å². The summed E-state index contributed by atoms with van der Waals surface area (Å²) in [7, 11) is 1.96. The summed E-state index contributed by atoms with van der Waals surface area (Å²) in [4.78, 5) is 15.8. The van der Waals surface area contributed by atoms with Gasteiger partial charge in [-0.25, -0.2) is 0 Å². The molecule has 0 fully saturated rings. The van der Waals surface area contributed by atoms with Gasteiger partial charge >= 0.3 is 6.01 Å². The van der Waals surface area contributed by atoms with Crippen LogP contribution in [0.1, 0.15) is 25.1 Å². The molecular weight excluding hydrogens is 286 g/mol. The van der Waals surface area contributed by atoms with Crippen molar-refractivity contribution in [2.45, 2.75) is 32.7 Å². The molecule has 7 heteroatoms. The van der Waals surface area contributed by atoms with E-state index in [4.69, 9.17) is 10.5 Å². The number of ether oxygens (including phenoxy) is 1. The van der Waals surface area contributed by atoms with Crippen molar-refractivity contribution in [3.8, 4) is 6.01 Å². The van der Waals surface area contributed by atoms with Gasteiger partial charge in [-0.2, -0.15) is 15.0 Å². The zero-order valence-electron chi connectivity index (χ0n) is 12.6. The van der Waals surface area contributed by atoms with Crippen molar-refractivity contribution in [3.63, 3.8) is 0 Å². The lowest BCUT2D eigenvalue weighted by Gasteiger charge is -2.24. The fourth-order valence-electron chi connectivity index (χ4n) is 1.83. The Morgan fingerprint density at radius 2 is 2.19 bits per heavy atom. The third kappa shape index (κ3) is 4.29. The number of likely N-dealkylation sites (N-methyl/N-ethyl adjacent to an activating group) is 1. The molecule has 0 saturated heterocycles. The van der Waals surface area contributed by atoms with Gasteiger partial charge < -0.3 is 15.4 Å². The van der Waals surface area contributed by atoms with Gasteiger partial charge in [0.1, 0.15) is 0 Å². The molecule has 2 aromatic rings. The number of anilines is 2. The molecule has 0 saturated carbocycles. The third-order valence-electron chi connectivity index (χ3n) is 3.11. The average Bonchev–Trinajstić information content (AvgIpc) is 2.96. The summed E-state index contributed by atoms with van der Waals surface area (Å²) in [6.07, 6.45) is 1.83. The minimum Gasteiger partial charge on any atom is -0.463 e. The molecule has 0 aliphatic carbocycles. The van der Waals surface area contributed by atoms with E-state index < -0.39 is 0 Å². The summed E-state index contributed by atoms with van der Waals surface area (Å²) in [5.74, 6) is 0.721. The number of nitrogen functional groups attached to an aromatic ring is 1. The van der Waals surface area contributed by atoms with Crippen molar-refractivity contribution < 1.29 is 4.74 Å². The molecular formula is C14H21N5OS. The highest BCUT2D eigenvalue weighted by molar-refractivity contribution is 7.09. The van der Waals surface area contributed by atoms with Crippen LogP contribution in [0.3, 0.4) is 0 Å². The number of aromatic nitrogens is 3. The molecule has 2 rings (SSSR count). The first-order chi connectivity index (χ1) is 10.1. The summed E-state index contributed by atoms with van der Waals surface area (Å²) < 4.78 is 5.45. The van der Waals surface area contributed by atoms with Crippen molar-refractivity contribution in [3.05, 3.63) is 22.4 Å². The van der Waals surface area contributed by atoms with Crippen LogP contribution in [0.2, 0.25) is 0 Å². The van der Waals surface area contributed by atoms with Gasteiger partial charge in [-0.1, -0.05) is 13.0 Å². The van der Waals surface area contributed by atoms with Crippen LogP contribution in [0.15, 0.2) is 17.5 Å². The number of nitrogens with zero attached hydrogens (tertiary/aromatic N) is 4. The molecule has 1 unspecified atom stereocenters. The van der Waals surface area contributed by atoms with Crippen molar-refractivity contribution in [2.24, 2.45) is 0 Å². The SMILES string of the molecule is CCCOc1nc(N)nc(N(C)C(C)Cc2cccs2)n1. The van der Waals surface area contributed by atoms with Crippen LogP contribution in [-0.2, 0) is 6.42 Å². The fourth-order valence-corrected chi connectivity index (χ4v) is 2.66. The van der Waals surface area contributed by atoms with E-state index in [1.807, 2.05) is 18.9 Å².